The highest BCUT2D eigenvalue weighted by atomic mass is 19.4. The van der Waals surface area contributed by atoms with Crippen molar-refractivity contribution in [2.45, 2.75) is 52.1 Å². The minimum atomic E-state index is -4.49. The van der Waals surface area contributed by atoms with Crippen molar-refractivity contribution in [3.05, 3.63) is 53.6 Å². The number of fused-ring (bicyclic) bond motifs is 1. The number of aliphatic hydroxyl groups excluding tert-OH is 1. The van der Waals surface area contributed by atoms with E-state index in [9.17, 15) is 32.7 Å². The van der Waals surface area contributed by atoms with Crippen LogP contribution in [-0.4, -0.2) is 77.8 Å². The molecule has 0 radical (unpaired) electrons. The molecule has 2 aromatic carbocycles. The van der Waals surface area contributed by atoms with E-state index in [2.05, 4.69) is 16.0 Å². The molecule has 41 heavy (non-hydrogen) atoms. The Morgan fingerprint density at radius 1 is 1.12 bits per heavy atom. The number of carbonyl (C=O) groups is 3. The van der Waals surface area contributed by atoms with Crippen LogP contribution in [0, 0.1) is 5.92 Å². The molecule has 13 heteroatoms. The average Bonchev–Trinajstić information content (AvgIpc) is 2.89. The third-order valence-electron chi connectivity index (χ3n) is 6.62. The number of carbonyl (C=O) groups excluding carboxylic acids is 3. The van der Waals surface area contributed by atoms with Crippen LogP contribution in [0.4, 0.5) is 34.1 Å². The first-order valence-electron chi connectivity index (χ1n) is 13.2. The molecule has 4 N–H and O–H groups in total. The number of anilines is 2. The van der Waals surface area contributed by atoms with E-state index in [1.165, 1.54) is 29.0 Å². The first kappa shape index (κ1) is 31.5. The number of likely N-dealkylation sites (N-methyl/N-ethyl adjacent to an activating group) is 1. The van der Waals surface area contributed by atoms with E-state index in [4.69, 9.17) is 4.74 Å². The second-order valence-electron chi connectivity index (χ2n) is 10.4. The maximum Gasteiger partial charge on any atom is 0.416 e. The summed E-state index contributed by atoms with van der Waals surface area (Å²) in [4.78, 5) is 41.8. The van der Waals surface area contributed by atoms with Crippen molar-refractivity contribution in [3.63, 3.8) is 0 Å². The van der Waals surface area contributed by atoms with Crippen LogP contribution in [0.5, 0.6) is 5.75 Å². The predicted octanol–water partition coefficient (Wildman–Crippen LogP) is 4.62. The summed E-state index contributed by atoms with van der Waals surface area (Å²) in [6.07, 6.45) is -5.16. The zero-order chi connectivity index (χ0) is 30.5. The molecule has 3 atom stereocenters. The fourth-order valence-electron chi connectivity index (χ4n) is 4.29. The van der Waals surface area contributed by atoms with Gasteiger partial charge >= 0.3 is 18.2 Å². The van der Waals surface area contributed by atoms with Gasteiger partial charge in [0, 0.05) is 31.2 Å². The Balaban J connectivity index is 1.88. The van der Waals surface area contributed by atoms with Gasteiger partial charge in [0.2, 0.25) is 0 Å². The van der Waals surface area contributed by atoms with Gasteiger partial charge in [-0.15, -0.1) is 0 Å². The Bertz CT molecular complexity index is 1240. The highest BCUT2D eigenvalue weighted by molar-refractivity contribution is 6.01. The monoisotopic (exact) mass is 579 g/mol. The van der Waals surface area contributed by atoms with E-state index in [0.29, 0.717) is 0 Å². The smallest absolute Gasteiger partial charge is 0.416 e. The molecule has 0 saturated carbocycles. The summed E-state index contributed by atoms with van der Waals surface area (Å²) in [6, 6.07) is 7.12. The van der Waals surface area contributed by atoms with Crippen LogP contribution in [0.15, 0.2) is 42.5 Å². The van der Waals surface area contributed by atoms with Crippen LogP contribution in [0.3, 0.4) is 0 Å². The maximum atomic E-state index is 13.5. The fraction of sp³-hybridized carbons (Fsp3) is 0.464. The molecular weight excluding hydrogens is 543 g/mol. The van der Waals surface area contributed by atoms with Gasteiger partial charge in [0.05, 0.1) is 36.0 Å². The summed E-state index contributed by atoms with van der Waals surface area (Å²) in [5.74, 6) is -0.590. The number of benzene rings is 2. The van der Waals surface area contributed by atoms with Crippen molar-refractivity contribution >= 4 is 29.3 Å². The summed E-state index contributed by atoms with van der Waals surface area (Å²) in [7, 11) is 1.51. The Hall–Kier alpha value is -4.00. The van der Waals surface area contributed by atoms with E-state index in [0.717, 1.165) is 12.1 Å². The van der Waals surface area contributed by atoms with E-state index in [-0.39, 0.29) is 60.3 Å². The van der Waals surface area contributed by atoms with Gasteiger partial charge in [-0.2, -0.15) is 13.2 Å². The number of hydrogen-bond acceptors (Lipinski definition) is 5. The van der Waals surface area contributed by atoms with Gasteiger partial charge in [-0.1, -0.05) is 13.0 Å². The normalized spacial score (nSPS) is 18.0. The number of nitrogens with one attached hydrogen (secondary N) is 3. The van der Waals surface area contributed by atoms with Gasteiger partial charge in [-0.25, -0.2) is 9.59 Å². The molecule has 0 saturated heterocycles. The standard InChI is InChI=1S/C28H36F3N5O5/c1-16(2)32-26(39)34-22-8-6-7-21-24(22)41-23(17(3)13-36(25(21)38)18(4)15-37)14-35(5)27(40)33-20-11-9-19(10-12-20)28(29,30)31/h6-12,16-18,23,37H,13-15H2,1-5H3,(H,33,40)(H2,32,34,39)/t17-,18-,23-/m1/s1. The number of rotatable bonds is 7. The lowest BCUT2D eigenvalue weighted by Crippen LogP contribution is -2.50. The molecule has 0 spiro atoms. The van der Waals surface area contributed by atoms with Crippen LogP contribution in [0.2, 0.25) is 0 Å². The Kier molecular flexibility index (Phi) is 10.1. The molecule has 1 heterocycles. The number of ether oxygens (including phenoxy) is 1. The van der Waals surface area contributed by atoms with Crippen molar-refractivity contribution in [3.8, 4) is 5.75 Å². The lowest BCUT2D eigenvalue weighted by atomic mass is 9.99. The average molecular weight is 580 g/mol. The molecule has 1 aliphatic rings. The van der Waals surface area contributed by atoms with Gasteiger partial charge in [0.25, 0.3) is 5.91 Å². The Labute approximate surface area is 236 Å². The molecule has 0 aromatic heterocycles. The molecule has 1 aliphatic heterocycles. The number of hydrogen-bond donors (Lipinski definition) is 4. The summed E-state index contributed by atoms with van der Waals surface area (Å²) in [6.45, 7) is 7.12. The summed E-state index contributed by atoms with van der Waals surface area (Å²) in [5.41, 5.74) is -0.215. The van der Waals surface area contributed by atoms with Gasteiger partial charge in [-0.3, -0.25) is 4.79 Å². The first-order chi connectivity index (χ1) is 19.2. The number of amides is 5. The molecule has 0 fully saturated rings. The summed E-state index contributed by atoms with van der Waals surface area (Å²) in [5, 5.41) is 17.8. The molecule has 0 unspecified atom stereocenters. The minimum absolute atomic E-state index is 0.0368. The number of nitrogens with zero attached hydrogens (tertiary/aromatic N) is 2. The molecule has 0 aliphatic carbocycles. The van der Waals surface area contributed by atoms with Gasteiger partial charge < -0.3 is 35.6 Å². The zero-order valence-electron chi connectivity index (χ0n) is 23.6. The number of alkyl halides is 3. The lowest BCUT2D eigenvalue weighted by Gasteiger charge is -2.38. The minimum Gasteiger partial charge on any atom is -0.485 e. The number of aliphatic hydroxyl groups is 1. The molecular formula is C28H36F3N5O5. The zero-order valence-corrected chi connectivity index (χ0v) is 23.6. The van der Waals surface area contributed by atoms with Crippen molar-refractivity contribution in [1.29, 1.82) is 0 Å². The predicted molar refractivity (Wildman–Crippen MR) is 148 cm³/mol. The summed E-state index contributed by atoms with van der Waals surface area (Å²) < 4.78 is 45.0. The fourth-order valence-corrected chi connectivity index (χ4v) is 4.29. The molecule has 0 bridgehead atoms. The molecule has 10 nitrogen and oxygen atoms in total. The number of urea groups is 2. The number of halogens is 3. The second-order valence-corrected chi connectivity index (χ2v) is 10.4. The van der Waals surface area contributed by atoms with Crippen molar-refractivity contribution in [2.24, 2.45) is 5.92 Å². The van der Waals surface area contributed by atoms with Crippen LogP contribution in [0.1, 0.15) is 43.6 Å². The van der Waals surface area contributed by atoms with Crippen molar-refractivity contribution in [2.75, 3.05) is 37.4 Å². The van der Waals surface area contributed by atoms with E-state index in [1.807, 2.05) is 6.92 Å². The molecule has 2 aromatic rings. The summed E-state index contributed by atoms with van der Waals surface area (Å²) >= 11 is 0. The third kappa shape index (κ3) is 8.03. The van der Waals surface area contributed by atoms with E-state index in [1.54, 1.807) is 39.0 Å². The first-order valence-corrected chi connectivity index (χ1v) is 13.2. The van der Waals surface area contributed by atoms with Gasteiger partial charge in [-0.05, 0) is 57.2 Å². The van der Waals surface area contributed by atoms with Crippen molar-refractivity contribution in [1.82, 2.24) is 15.1 Å². The molecule has 3 rings (SSSR count). The van der Waals surface area contributed by atoms with Gasteiger partial charge in [0.15, 0.2) is 5.75 Å². The van der Waals surface area contributed by atoms with Crippen molar-refractivity contribution < 1.29 is 37.4 Å². The Morgan fingerprint density at radius 3 is 2.37 bits per heavy atom. The molecule has 224 valence electrons. The quantitative estimate of drug-likeness (QED) is 0.381. The van der Waals surface area contributed by atoms with Gasteiger partial charge in [0.1, 0.15) is 6.10 Å². The van der Waals surface area contributed by atoms with Crippen LogP contribution in [-0.2, 0) is 6.18 Å². The Morgan fingerprint density at radius 2 is 1.78 bits per heavy atom. The SMILES string of the molecule is CC(C)NC(=O)Nc1cccc2c1O[C@H](CN(C)C(=O)Nc1ccc(C(F)(F)F)cc1)[C@H](C)CN([C@H](C)CO)C2=O. The largest absolute Gasteiger partial charge is 0.485 e. The highest BCUT2D eigenvalue weighted by Gasteiger charge is 2.35. The van der Waals surface area contributed by atoms with Crippen LogP contribution < -0.4 is 20.7 Å². The second kappa shape index (κ2) is 13.1. The topological polar surface area (TPSA) is 123 Å². The third-order valence-corrected chi connectivity index (χ3v) is 6.62. The lowest BCUT2D eigenvalue weighted by molar-refractivity contribution is -0.137. The number of para-hydroxylation sites is 1. The highest BCUT2D eigenvalue weighted by Crippen LogP contribution is 2.35. The molecule has 5 amide bonds. The van der Waals surface area contributed by atoms with E-state index < -0.39 is 35.9 Å². The maximum absolute atomic E-state index is 13.5. The van der Waals surface area contributed by atoms with E-state index >= 15 is 0 Å². The van der Waals surface area contributed by atoms with Crippen LogP contribution in [0.25, 0.3) is 0 Å². The van der Waals surface area contributed by atoms with Crippen LogP contribution >= 0.6 is 0 Å².